The Morgan fingerprint density at radius 3 is 2.51 bits per heavy atom. The number of amides is 3. The van der Waals surface area contributed by atoms with Gasteiger partial charge >= 0.3 is 5.97 Å². The number of nitrogens with zero attached hydrogens (tertiary/aromatic N) is 3. The van der Waals surface area contributed by atoms with E-state index in [4.69, 9.17) is 25.8 Å². The molecule has 2 atom stereocenters. The number of anilines is 1. The van der Waals surface area contributed by atoms with Gasteiger partial charge in [-0.25, -0.2) is 0 Å². The van der Waals surface area contributed by atoms with Crippen molar-refractivity contribution < 1.29 is 33.4 Å². The molecule has 0 N–H and O–H groups in total. The van der Waals surface area contributed by atoms with Gasteiger partial charge < -0.3 is 28.9 Å². The van der Waals surface area contributed by atoms with Crippen LogP contribution in [-0.4, -0.2) is 86.5 Å². The predicted molar refractivity (Wildman–Crippen MR) is 171 cm³/mol. The van der Waals surface area contributed by atoms with Crippen LogP contribution < -0.4 is 9.64 Å². The molecule has 2 aromatic carbocycles. The fraction of sp³-hybridized carbons (Fsp3) is 0.529. The standard InChI is InChI=1S/C34H44ClN3O7/c1-6-44-33(42)23-10-9-15-36(20-23)31(41)21-37-16-17-45-32(25-11-7-8-12-28(25)43-5)26-18-24(35)13-14-27(26)38(22-34(2,3)4)30(40)19-29(37)39/h7-8,11-14,18,23,32H,6,9-10,15-17,19-22H2,1-5H3. The molecule has 1 saturated heterocycles. The van der Waals surface area contributed by atoms with E-state index < -0.39 is 30.3 Å². The van der Waals surface area contributed by atoms with Gasteiger partial charge in [0, 0.05) is 48.0 Å². The minimum atomic E-state index is -0.691. The summed E-state index contributed by atoms with van der Waals surface area (Å²) in [4.78, 5) is 58.2. The second kappa shape index (κ2) is 15.1. The fourth-order valence-electron chi connectivity index (χ4n) is 5.82. The number of ether oxygens (including phenoxy) is 3. The van der Waals surface area contributed by atoms with Gasteiger partial charge in [-0.1, -0.05) is 50.6 Å². The third kappa shape index (κ3) is 8.76. The lowest BCUT2D eigenvalue weighted by Crippen LogP contribution is -2.49. The number of benzene rings is 2. The summed E-state index contributed by atoms with van der Waals surface area (Å²) < 4.78 is 17.4. The Kier molecular flexibility index (Phi) is 11.5. The highest BCUT2D eigenvalue weighted by molar-refractivity contribution is 6.30. The maximum atomic E-state index is 14.0. The molecule has 0 radical (unpaired) electrons. The van der Waals surface area contributed by atoms with Crippen molar-refractivity contribution in [1.82, 2.24) is 9.80 Å². The molecule has 0 spiro atoms. The van der Waals surface area contributed by atoms with Crippen LogP contribution in [0.3, 0.4) is 0 Å². The van der Waals surface area contributed by atoms with Crippen LogP contribution in [0, 0.1) is 11.3 Å². The number of carbonyl (C=O) groups excluding carboxylic acids is 4. The summed E-state index contributed by atoms with van der Waals surface area (Å²) in [5.41, 5.74) is 1.68. The molecule has 0 aliphatic carbocycles. The number of hydrogen-bond donors (Lipinski definition) is 0. The molecule has 0 saturated carbocycles. The summed E-state index contributed by atoms with van der Waals surface area (Å²) in [6.45, 7) is 9.05. The first kappa shape index (κ1) is 34.2. The van der Waals surface area contributed by atoms with Crippen LogP contribution in [0.4, 0.5) is 5.69 Å². The summed E-state index contributed by atoms with van der Waals surface area (Å²) in [5.74, 6) is -1.27. The highest BCUT2D eigenvalue weighted by Crippen LogP contribution is 2.40. The van der Waals surface area contributed by atoms with Crippen LogP contribution in [0.5, 0.6) is 5.75 Å². The lowest BCUT2D eigenvalue weighted by molar-refractivity contribution is -0.152. The topological polar surface area (TPSA) is 106 Å². The Bertz CT molecular complexity index is 1390. The van der Waals surface area contributed by atoms with Gasteiger partial charge in [0.1, 0.15) is 18.3 Å². The third-order valence-electron chi connectivity index (χ3n) is 7.94. The first-order valence-corrected chi connectivity index (χ1v) is 15.9. The minimum Gasteiger partial charge on any atom is -0.496 e. The van der Waals surface area contributed by atoms with E-state index in [0.717, 1.165) is 5.56 Å². The molecular formula is C34H44ClN3O7. The summed E-state index contributed by atoms with van der Waals surface area (Å²) >= 11 is 6.52. The lowest BCUT2D eigenvalue weighted by Gasteiger charge is -2.34. The van der Waals surface area contributed by atoms with Crippen molar-refractivity contribution in [1.29, 1.82) is 0 Å². The normalized spacial score (nSPS) is 19.9. The van der Waals surface area contributed by atoms with E-state index in [-0.39, 0.29) is 50.1 Å². The molecule has 2 unspecified atom stereocenters. The van der Waals surface area contributed by atoms with Gasteiger partial charge in [0.15, 0.2) is 0 Å². The number of likely N-dealkylation sites (tertiary alicyclic amines) is 1. The Labute approximate surface area is 270 Å². The van der Waals surface area contributed by atoms with E-state index in [9.17, 15) is 19.2 Å². The van der Waals surface area contributed by atoms with E-state index in [1.54, 1.807) is 42.0 Å². The molecule has 2 aliphatic rings. The summed E-state index contributed by atoms with van der Waals surface area (Å²) in [5, 5.41) is 0.473. The van der Waals surface area contributed by atoms with Crippen LogP contribution >= 0.6 is 11.6 Å². The van der Waals surface area contributed by atoms with Crippen molar-refractivity contribution in [3.05, 3.63) is 58.6 Å². The fourth-order valence-corrected chi connectivity index (χ4v) is 6.00. The van der Waals surface area contributed by atoms with E-state index in [1.165, 1.54) is 4.90 Å². The lowest BCUT2D eigenvalue weighted by atomic mass is 9.93. The molecular weight excluding hydrogens is 598 g/mol. The van der Waals surface area contributed by atoms with Crippen LogP contribution in [0.2, 0.25) is 5.02 Å². The van der Waals surface area contributed by atoms with Gasteiger partial charge in [0.2, 0.25) is 17.7 Å². The highest BCUT2D eigenvalue weighted by atomic mass is 35.5. The SMILES string of the molecule is CCOC(=O)C1CCCN(C(=O)CN2CCOC(c3ccccc3OC)c3cc(Cl)ccc3N(CC(C)(C)C)C(=O)CC2=O)C1. The quantitative estimate of drug-likeness (QED) is 0.314. The molecule has 244 valence electrons. The van der Waals surface area contributed by atoms with Crippen molar-refractivity contribution in [3.63, 3.8) is 0 Å². The van der Waals surface area contributed by atoms with Gasteiger partial charge in [-0.3, -0.25) is 19.2 Å². The number of methoxy groups -OCH3 is 1. The molecule has 2 aliphatic heterocycles. The molecule has 0 bridgehead atoms. The summed E-state index contributed by atoms with van der Waals surface area (Å²) in [7, 11) is 1.58. The largest absolute Gasteiger partial charge is 0.496 e. The number of para-hydroxylation sites is 1. The Morgan fingerprint density at radius 1 is 1.04 bits per heavy atom. The van der Waals surface area contributed by atoms with Crippen LogP contribution in [-0.2, 0) is 28.7 Å². The third-order valence-corrected chi connectivity index (χ3v) is 8.17. The van der Waals surface area contributed by atoms with Gasteiger partial charge in [-0.05, 0) is 49.4 Å². The second-order valence-corrected chi connectivity index (χ2v) is 13.1. The van der Waals surface area contributed by atoms with Crippen molar-refractivity contribution in [3.8, 4) is 5.75 Å². The van der Waals surface area contributed by atoms with Crippen molar-refractivity contribution in [2.24, 2.45) is 11.3 Å². The van der Waals surface area contributed by atoms with E-state index >= 15 is 0 Å². The predicted octanol–water partition coefficient (Wildman–Crippen LogP) is 4.87. The van der Waals surface area contributed by atoms with Gasteiger partial charge in [-0.2, -0.15) is 0 Å². The maximum absolute atomic E-state index is 14.0. The first-order valence-electron chi connectivity index (χ1n) is 15.5. The molecule has 4 rings (SSSR count). The minimum absolute atomic E-state index is 0.0760. The van der Waals surface area contributed by atoms with Crippen molar-refractivity contribution >= 4 is 41.0 Å². The van der Waals surface area contributed by atoms with Gasteiger partial charge in [0.05, 0.1) is 32.8 Å². The number of carbonyl (C=O) groups is 4. The smallest absolute Gasteiger partial charge is 0.310 e. The molecule has 2 heterocycles. The van der Waals surface area contributed by atoms with Gasteiger partial charge in [-0.15, -0.1) is 0 Å². The molecule has 3 amide bonds. The summed E-state index contributed by atoms with van der Waals surface area (Å²) in [6, 6.07) is 12.8. The Balaban J connectivity index is 1.69. The highest BCUT2D eigenvalue weighted by Gasteiger charge is 2.34. The van der Waals surface area contributed by atoms with Crippen molar-refractivity contribution in [2.45, 2.75) is 53.1 Å². The zero-order valence-electron chi connectivity index (χ0n) is 26.8. The number of rotatable bonds is 7. The number of fused-ring (bicyclic) bond motifs is 1. The van der Waals surface area contributed by atoms with Crippen LogP contribution in [0.25, 0.3) is 0 Å². The Morgan fingerprint density at radius 2 is 1.80 bits per heavy atom. The van der Waals surface area contributed by atoms with E-state index in [1.807, 2.05) is 45.0 Å². The summed E-state index contributed by atoms with van der Waals surface area (Å²) in [6.07, 6.45) is 0.194. The second-order valence-electron chi connectivity index (χ2n) is 12.7. The van der Waals surface area contributed by atoms with Crippen LogP contribution in [0.15, 0.2) is 42.5 Å². The molecule has 2 aromatic rings. The molecule has 0 aromatic heterocycles. The molecule has 45 heavy (non-hydrogen) atoms. The number of hydrogen-bond acceptors (Lipinski definition) is 7. The number of piperidine rings is 1. The molecule has 10 nitrogen and oxygen atoms in total. The van der Waals surface area contributed by atoms with Crippen LogP contribution in [0.1, 0.15) is 64.2 Å². The number of esters is 1. The average molecular weight is 642 g/mol. The zero-order chi connectivity index (χ0) is 32.7. The zero-order valence-corrected chi connectivity index (χ0v) is 27.6. The molecule has 11 heteroatoms. The monoisotopic (exact) mass is 641 g/mol. The van der Waals surface area contributed by atoms with E-state index in [0.29, 0.717) is 48.0 Å². The Hall–Kier alpha value is -3.63. The van der Waals surface area contributed by atoms with Crippen molar-refractivity contribution in [2.75, 3.05) is 57.9 Å². The van der Waals surface area contributed by atoms with E-state index in [2.05, 4.69) is 0 Å². The first-order chi connectivity index (χ1) is 21.4. The maximum Gasteiger partial charge on any atom is 0.310 e. The average Bonchev–Trinajstić information content (AvgIpc) is 3.02. The number of halogens is 1. The molecule has 1 fully saturated rings. The van der Waals surface area contributed by atoms with Gasteiger partial charge in [0.25, 0.3) is 0 Å².